The molecular weight excluding hydrogens is 265 g/mol. The van der Waals surface area contributed by atoms with Crippen LogP contribution in [0, 0.1) is 5.82 Å². The second kappa shape index (κ2) is 5.23. The van der Waals surface area contributed by atoms with Crippen LogP contribution in [0.1, 0.15) is 17.3 Å². The third kappa shape index (κ3) is 3.60. The van der Waals surface area contributed by atoms with Gasteiger partial charge in [0.1, 0.15) is 5.82 Å². The molecule has 1 aromatic rings. The van der Waals surface area contributed by atoms with E-state index < -0.39 is 11.9 Å². The van der Waals surface area contributed by atoms with Gasteiger partial charge >= 0.3 is 0 Å². The quantitative estimate of drug-likeness (QED) is 0.882. The zero-order valence-corrected chi connectivity index (χ0v) is 9.71. The number of hydrogen-bond donors (Lipinski definition) is 2. The molecule has 0 bridgehead atoms. The van der Waals surface area contributed by atoms with Crippen molar-refractivity contribution in [2.75, 3.05) is 6.54 Å². The van der Waals surface area contributed by atoms with Gasteiger partial charge in [-0.2, -0.15) is 0 Å². The molecule has 0 radical (unpaired) electrons. The maximum atomic E-state index is 12.7. The third-order valence-electron chi connectivity index (χ3n) is 1.73. The predicted octanol–water partition coefficient (Wildman–Crippen LogP) is 1.70. The first-order valence-electron chi connectivity index (χ1n) is 4.42. The van der Waals surface area contributed by atoms with Crippen LogP contribution in [0.3, 0.4) is 0 Å². The largest absolute Gasteiger partial charge is 0.392 e. The first-order chi connectivity index (χ1) is 7.00. The maximum absolute atomic E-state index is 12.7. The van der Waals surface area contributed by atoms with Crippen LogP contribution in [0.2, 0.25) is 0 Å². The third-order valence-corrected chi connectivity index (χ3v) is 2.39. The molecule has 0 saturated heterocycles. The lowest BCUT2D eigenvalue weighted by atomic mass is 10.2. The number of halogens is 2. The fraction of sp³-hybridized carbons (Fsp3) is 0.300. The summed E-state index contributed by atoms with van der Waals surface area (Å²) in [4.78, 5) is 11.5. The number of amides is 1. The molecule has 1 aromatic carbocycles. The summed E-state index contributed by atoms with van der Waals surface area (Å²) in [6, 6.07) is 3.82. The van der Waals surface area contributed by atoms with Crippen molar-refractivity contribution in [1.82, 2.24) is 5.32 Å². The Labute approximate surface area is 95.4 Å². The van der Waals surface area contributed by atoms with Gasteiger partial charge in [0, 0.05) is 11.0 Å². The molecule has 1 atom stereocenters. The smallest absolute Gasteiger partial charge is 0.252 e. The summed E-state index contributed by atoms with van der Waals surface area (Å²) in [7, 11) is 0. The number of benzene rings is 1. The minimum Gasteiger partial charge on any atom is -0.392 e. The van der Waals surface area contributed by atoms with Gasteiger partial charge in [-0.05, 0) is 41.1 Å². The van der Waals surface area contributed by atoms with Crippen molar-refractivity contribution in [3.8, 4) is 0 Å². The van der Waals surface area contributed by atoms with Crippen molar-refractivity contribution in [2.45, 2.75) is 13.0 Å². The Kier molecular flexibility index (Phi) is 4.23. The summed E-state index contributed by atoms with van der Waals surface area (Å²) < 4.78 is 13.1. The Morgan fingerprint density at radius 1 is 1.67 bits per heavy atom. The molecule has 0 aliphatic carbocycles. The lowest BCUT2D eigenvalue weighted by molar-refractivity contribution is 0.0923. The zero-order chi connectivity index (χ0) is 11.4. The summed E-state index contributed by atoms with van der Waals surface area (Å²) in [6.07, 6.45) is -0.604. The van der Waals surface area contributed by atoms with Gasteiger partial charge in [-0.3, -0.25) is 4.79 Å². The Balaban J connectivity index is 2.74. The lowest BCUT2D eigenvalue weighted by Gasteiger charge is -2.08. The molecule has 15 heavy (non-hydrogen) atoms. The second-order valence-electron chi connectivity index (χ2n) is 3.18. The van der Waals surface area contributed by atoms with Crippen LogP contribution in [0.15, 0.2) is 22.7 Å². The van der Waals surface area contributed by atoms with Crippen molar-refractivity contribution in [2.24, 2.45) is 0 Å². The minimum absolute atomic E-state index is 0.169. The molecule has 1 amide bonds. The Hall–Kier alpha value is -0.940. The standard InChI is InChI=1S/C10H11BrFNO2/c1-6(14)5-13-10(15)8-3-2-7(12)4-9(8)11/h2-4,6,14H,5H2,1H3,(H,13,15). The van der Waals surface area contributed by atoms with E-state index in [1.807, 2.05) is 0 Å². The van der Waals surface area contributed by atoms with E-state index in [1.165, 1.54) is 18.2 Å². The molecule has 3 nitrogen and oxygen atoms in total. The normalized spacial score (nSPS) is 12.3. The van der Waals surface area contributed by atoms with Crippen LogP contribution < -0.4 is 5.32 Å². The van der Waals surface area contributed by atoms with E-state index in [-0.39, 0.29) is 12.5 Å². The van der Waals surface area contributed by atoms with Gasteiger partial charge in [-0.15, -0.1) is 0 Å². The maximum Gasteiger partial charge on any atom is 0.252 e. The molecule has 0 heterocycles. The van der Waals surface area contributed by atoms with E-state index in [0.29, 0.717) is 10.0 Å². The van der Waals surface area contributed by atoms with E-state index in [1.54, 1.807) is 6.92 Å². The molecule has 0 spiro atoms. The number of aliphatic hydroxyl groups excluding tert-OH is 1. The fourth-order valence-corrected chi connectivity index (χ4v) is 1.54. The van der Waals surface area contributed by atoms with Crippen molar-refractivity contribution < 1.29 is 14.3 Å². The zero-order valence-electron chi connectivity index (χ0n) is 8.13. The van der Waals surface area contributed by atoms with Crippen LogP contribution in [-0.2, 0) is 0 Å². The molecular formula is C10H11BrFNO2. The van der Waals surface area contributed by atoms with E-state index in [9.17, 15) is 9.18 Å². The van der Waals surface area contributed by atoms with E-state index >= 15 is 0 Å². The van der Waals surface area contributed by atoms with Crippen LogP contribution in [0.5, 0.6) is 0 Å². The Morgan fingerprint density at radius 3 is 2.87 bits per heavy atom. The molecule has 1 rings (SSSR count). The molecule has 82 valence electrons. The van der Waals surface area contributed by atoms with Gasteiger partial charge < -0.3 is 10.4 Å². The summed E-state index contributed by atoms with van der Waals surface area (Å²) in [6.45, 7) is 1.74. The number of hydrogen-bond acceptors (Lipinski definition) is 2. The summed E-state index contributed by atoms with van der Waals surface area (Å²) in [5.41, 5.74) is 0.344. The molecule has 0 aliphatic rings. The Morgan fingerprint density at radius 2 is 2.33 bits per heavy atom. The topological polar surface area (TPSA) is 49.3 Å². The highest BCUT2D eigenvalue weighted by molar-refractivity contribution is 9.10. The number of aliphatic hydroxyl groups is 1. The SMILES string of the molecule is CC(O)CNC(=O)c1ccc(F)cc1Br. The average Bonchev–Trinajstić information content (AvgIpc) is 2.14. The molecule has 2 N–H and O–H groups in total. The first-order valence-corrected chi connectivity index (χ1v) is 5.21. The molecule has 0 saturated carbocycles. The summed E-state index contributed by atoms with van der Waals surface area (Å²) in [5, 5.41) is 11.5. The fourth-order valence-electron chi connectivity index (χ4n) is 1.01. The number of nitrogens with one attached hydrogen (secondary N) is 1. The first kappa shape index (κ1) is 12.1. The number of carbonyl (C=O) groups excluding carboxylic acids is 1. The monoisotopic (exact) mass is 275 g/mol. The summed E-state index contributed by atoms with van der Waals surface area (Å²) >= 11 is 3.09. The van der Waals surface area contributed by atoms with Crippen molar-refractivity contribution in [3.63, 3.8) is 0 Å². The average molecular weight is 276 g/mol. The molecule has 0 fully saturated rings. The van der Waals surface area contributed by atoms with Crippen LogP contribution in [0.4, 0.5) is 4.39 Å². The Bertz CT molecular complexity index is 368. The molecule has 0 aromatic heterocycles. The highest BCUT2D eigenvalue weighted by atomic mass is 79.9. The van der Waals surface area contributed by atoms with Gasteiger partial charge in [-0.1, -0.05) is 0 Å². The van der Waals surface area contributed by atoms with Gasteiger partial charge in [0.25, 0.3) is 5.91 Å². The van der Waals surface area contributed by atoms with Crippen LogP contribution in [0.25, 0.3) is 0 Å². The summed E-state index contributed by atoms with van der Waals surface area (Å²) in [5.74, 6) is -0.753. The van der Waals surface area contributed by atoms with Crippen LogP contribution in [-0.4, -0.2) is 23.7 Å². The van der Waals surface area contributed by atoms with E-state index in [2.05, 4.69) is 21.2 Å². The molecule has 1 unspecified atom stereocenters. The number of carbonyl (C=O) groups is 1. The highest BCUT2D eigenvalue weighted by Crippen LogP contribution is 2.17. The predicted molar refractivity (Wildman–Crippen MR) is 58.1 cm³/mol. The van der Waals surface area contributed by atoms with Gasteiger partial charge in [0.05, 0.1) is 11.7 Å². The number of rotatable bonds is 3. The highest BCUT2D eigenvalue weighted by Gasteiger charge is 2.10. The van der Waals surface area contributed by atoms with Crippen LogP contribution >= 0.6 is 15.9 Å². The van der Waals surface area contributed by atoms with Crippen molar-refractivity contribution >= 4 is 21.8 Å². The molecule has 0 aliphatic heterocycles. The van der Waals surface area contributed by atoms with Gasteiger partial charge in [0.2, 0.25) is 0 Å². The van der Waals surface area contributed by atoms with Gasteiger partial charge in [-0.25, -0.2) is 4.39 Å². The second-order valence-corrected chi connectivity index (χ2v) is 4.04. The lowest BCUT2D eigenvalue weighted by Crippen LogP contribution is -2.30. The molecule has 5 heteroatoms. The minimum atomic E-state index is -0.604. The van der Waals surface area contributed by atoms with Gasteiger partial charge in [0.15, 0.2) is 0 Å². The van der Waals surface area contributed by atoms with E-state index in [0.717, 1.165) is 0 Å². The van der Waals surface area contributed by atoms with Crippen molar-refractivity contribution in [1.29, 1.82) is 0 Å². The van der Waals surface area contributed by atoms with Crippen molar-refractivity contribution in [3.05, 3.63) is 34.1 Å². The van der Waals surface area contributed by atoms with E-state index in [4.69, 9.17) is 5.11 Å².